The van der Waals surface area contributed by atoms with E-state index in [1.807, 2.05) is 0 Å². The highest BCUT2D eigenvalue weighted by atomic mass is 19.4. The summed E-state index contributed by atoms with van der Waals surface area (Å²) in [5.41, 5.74) is 0.693. The summed E-state index contributed by atoms with van der Waals surface area (Å²) in [5.74, 6) is -0.0801. The number of aliphatic hydroxyl groups is 1. The van der Waals surface area contributed by atoms with Crippen LogP contribution in [0.4, 0.5) is 13.2 Å². The van der Waals surface area contributed by atoms with Gasteiger partial charge in [-0.1, -0.05) is 6.08 Å². The number of hydrogen-bond acceptors (Lipinski definition) is 2. The lowest BCUT2D eigenvalue weighted by Crippen LogP contribution is -2.14. The number of rotatable bonds is 3. The summed E-state index contributed by atoms with van der Waals surface area (Å²) < 4.78 is 39.3. The smallest absolute Gasteiger partial charge is 0.410 e. The summed E-state index contributed by atoms with van der Waals surface area (Å²) in [5, 5.41) is 8.60. The molecule has 0 bridgehead atoms. The number of allylic oxidation sites excluding steroid dienone is 3. The number of halogens is 3. The van der Waals surface area contributed by atoms with Gasteiger partial charge in [-0.3, -0.25) is 0 Å². The zero-order valence-corrected chi connectivity index (χ0v) is 7.47. The fraction of sp³-hybridized carbons (Fsp3) is 0.556. The van der Waals surface area contributed by atoms with Gasteiger partial charge in [-0.05, 0) is 24.5 Å². The van der Waals surface area contributed by atoms with Crippen molar-refractivity contribution in [1.82, 2.24) is 0 Å². The molecule has 0 aromatic carbocycles. The number of aliphatic hydroxyl groups excluding tert-OH is 1. The van der Waals surface area contributed by atoms with Crippen LogP contribution in [0.5, 0.6) is 0 Å². The summed E-state index contributed by atoms with van der Waals surface area (Å²) in [6, 6.07) is 0. The first kappa shape index (κ1) is 11.1. The van der Waals surface area contributed by atoms with E-state index in [0.717, 1.165) is 0 Å². The maximum absolute atomic E-state index is 11.8. The van der Waals surface area contributed by atoms with Crippen LogP contribution in [0.15, 0.2) is 23.5 Å². The van der Waals surface area contributed by atoms with Crippen molar-refractivity contribution in [1.29, 1.82) is 0 Å². The molecule has 0 unspecified atom stereocenters. The molecule has 80 valence electrons. The van der Waals surface area contributed by atoms with Crippen LogP contribution in [0.25, 0.3) is 0 Å². The van der Waals surface area contributed by atoms with E-state index in [0.29, 0.717) is 18.4 Å². The average Bonchev–Trinajstić information content (AvgIpc) is 2.02. The van der Waals surface area contributed by atoms with Gasteiger partial charge in [-0.15, -0.1) is 13.2 Å². The minimum Gasteiger partial charge on any atom is -0.410 e. The van der Waals surface area contributed by atoms with Crippen LogP contribution < -0.4 is 0 Å². The third-order valence-electron chi connectivity index (χ3n) is 1.79. The third kappa shape index (κ3) is 3.83. The van der Waals surface area contributed by atoms with Gasteiger partial charge in [-0.25, -0.2) is 0 Å². The molecule has 14 heavy (non-hydrogen) atoms. The molecule has 0 aromatic rings. The fourth-order valence-corrected chi connectivity index (χ4v) is 1.27. The lowest BCUT2D eigenvalue weighted by Gasteiger charge is -2.16. The first-order chi connectivity index (χ1) is 6.51. The first-order valence-electron chi connectivity index (χ1n) is 4.27. The zero-order valence-electron chi connectivity index (χ0n) is 7.47. The predicted molar refractivity (Wildman–Crippen MR) is 44.2 cm³/mol. The number of hydrogen-bond donors (Lipinski definition) is 1. The molecule has 1 aliphatic rings. The van der Waals surface area contributed by atoms with Crippen molar-refractivity contribution in [2.24, 2.45) is 0 Å². The molecule has 1 rings (SSSR count). The molecule has 0 radical (unpaired) electrons. The van der Waals surface area contributed by atoms with Crippen LogP contribution in [0.1, 0.15) is 19.3 Å². The van der Waals surface area contributed by atoms with Crippen LogP contribution >= 0.6 is 0 Å². The van der Waals surface area contributed by atoms with Gasteiger partial charge >= 0.3 is 6.36 Å². The van der Waals surface area contributed by atoms with E-state index >= 15 is 0 Å². The van der Waals surface area contributed by atoms with Crippen molar-refractivity contribution in [3.8, 4) is 0 Å². The van der Waals surface area contributed by atoms with Crippen molar-refractivity contribution >= 4 is 0 Å². The Kier molecular flexibility index (Phi) is 3.57. The van der Waals surface area contributed by atoms with Gasteiger partial charge in [0, 0.05) is 13.0 Å². The molecule has 0 heterocycles. The van der Waals surface area contributed by atoms with E-state index in [-0.39, 0.29) is 18.8 Å². The normalized spacial score (nSPS) is 17.4. The highest BCUT2D eigenvalue weighted by Gasteiger charge is 2.32. The van der Waals surface area contributed by atoms with Gasteiger partial charge in [0.2, 0.25) is 0 Å². The molecule has 1 N–H and O–H groups in total. The molecule has 5 heteroatoms. The fourth-order valence-electron chi connectivity index (χ4n) is 1.27. The third-order valence-corrected chi connectivity index (χ3v) is 1.79. The summed E-state index contributed by atoms with van der Waals surface area (Å²) in [6.07, 6.45) is -0.323. The SMILES string of the molecule is OCCC1=CCCC(OC(F)(F)F)=C1. The van der Waals surface area contributed by atoms with E-state index in [9.17, 15) is 13.2 Å². The Morgan fingerprint density at radius 2 is 2.14 bits per heavy atom. The lowest BCUT2D eigenvalue weighted by molar-refractivity contribution is -0.306. The molecular weight excluding hydrogens is 197 g/mol. The van der Waals surface area contributed by atoms with Crippen LogP contribution in [0.2, 0.25) is 0 Å². The van der Waals surface area contributed by atoms with Crippen LogP contribution in [-0.2, 0) is 4.74 Å². The Hall–Kier alpha value is -0.970. The van der Waals surface area contributed by atoms with Crippen LogP contribution in [-0.4, -0.2) is 18.1 Å². The van der Waals surface area contributed by atoms with Crippen molar-refractivity contribution in [3.63, 3.8) is 0 Å². The molecule has 0 atom stereocenters. The van der Waals surface area contributed by atoms with Crippen LogP contribution in [0, 0.1) is 0 Å². The second-order valence-electron chi connectivity index (χ2n) is 2.95. The molecule has 0 amide bonds. The second-order valence-corrected chi connectivity index (χ2v) is 2.95. The van der Waals surface area contributed by atoms with Gasteiger partial charge in [0.05, 0.1) is 0 Å². The van der Waals surface area contributed by atoms with Crippen molar-refractivity contribution < 1.29 is 23.0 Å². The highest BCUT2D eigenvalue weighted by Crippen LogP contribution is 2.27. The summed E-state index contributed by atoms with van der Waals surface area (Å²) in [6.45, 7) is -0.0678. The van der Waals surface area contributed by atoms with Crippen molar-refractivity contribution in [2.75, 3.05) is 6.61 Å². The molecule has 0 saturated heterocycles. The topological polar surface area (TPSA) is 29.5 Å². The van der Waals surface area contributed by atoms with Gasteiger partial charge < -0.3 is 9.84 Å². The standard InChI is InChI=1S/C9H11F3O2/c10-9(11,12)14-8-3-1-2-7(6-8)4-5-13/h2,6,13H,1,3-5H2. The maximum atomic E-state index is 11.8. The van der Waals surface area contributed by atoms with E-state index < -0.39 is 6.36 Å². The maximum Gasteiger partial charge on any atom is 0.572 e. The lowest BCUT2D eigenvalue weighted by atomic mass is 10.0. The molecule has 0 fully saturated rings. The quantitative estimate of drug-likeness (QED) is 0.772. The zero-order chi connectivity index (χ0) is 10.6. The summed E-state index contributed by atoms with van der Waals surface area (Å²) in [4.78, 5) is 0. The number of ether oxygens (including phenoxy) is 1. The van der Waals surface area contributed by atoms with E-state index in [1.165, 1.54) is 6.08 Å². The Morgan fingerprint density at radius 1 is 1.43 bits per heavy atom. The summed E-state index contributed by atoms with van der Waals surface area (Å²) >= 11 is 0. The van der Waals surface area contributed by atoms with Crippen molar-refractivity contribution in [3.05, 3.63) is 23.5 Å². The monoisotopic (exact) mass is 208 g/mol. The van der Waals surface area contributed by atoms with Gasteiger partial charge in [0.15, 0.2) is 0 Å². The number of alkyl halides is 3. The van der Waals surface area contributed by atoms with Gasteiger partial charge in [0.25, 0.3) is 0 Å². The average molecular weight is 208 g/mol. The molecule has 0 aromatic heterocycles. The minimum absolute atomic E-state index is 0.0678. The van der Waals surface area contributed by atoms with E-state index in [4.69, 9.17) is 5.11 Å². The minimum atomic E-state index is -4.62. The van der Waals surface area contributed by atoms with Gasteiger partial charge in [0.1, 0.15) is 5.76 Å². The second kappa shape index (κ2) is 4.50. The molecule has 1 aliphatic carbocycles. The summed E-state index contributed by atoms with van der Waals surface area (Å²) in [7, 11) is 0. The Morgan fingerprint density at radius 3 is 2.71 bits per heavy atom. The van der Waals surface area contributed by atoms with Gasteiger partial charge in [-0.2, -0.15) is 0 Å². The van der Waals surface area contributed by atoms with E-state index in [2.05, 4.69) is 4.74 Å². The molecule has 2 nitrogen and oxygen atoms in total. The van der Waals surface area contributed by atoms with Crippen molar-refractivity contribution in [2.45, 2.75) is 25.6 Å². The predicted octanol–water partition coefficient (Wildman–Crippen LogP) is 2.51. The Labute approximate surface area is 79.7 Å². The molecular formula is C9H11F3O2. The molecule has 0 aliphatic heterocycles. The molecule has 0 spiro atoms. The largest absolute Gasteiger partial charge is 0.572 e. The van der Waals surface area contributed by atoms with E-state index in [1.54, 1.807) is 6.08 Å². The highest BCUT2D eigenvalue weighted by molar-refractivity contribution is 5.25. The molecule has 0 saturated carbocycles. The Balaban J connectivity index is 2.58. The first-order valence-corrected chi connectivity index (χ1v) is 4.27. The van der Waals surface area contributed by atoms with Crippen LogP contribution in [0.3, 0.4) is 0 Å². The Bertz CT molecular complexity index is 253.